The molecule has 3 heterocycles. The molecule has 1 aliphatic heterocycles. The van der Waals surface area contributed by atoms with Gasteiger partial charge in [-0.25, -0.2) is 19.3 Å². The van der Waals surface area contributed by atoms with Gasteiger partial charge in [0.15, 0.2) is 12.3 Å². The van der Waals surface area contributed by atoms with Crippen molar-refractivity contribution in [1.82, 2.24) is 24.6 Å². The average Bonchev–Trinajstić information content (AvgIpc) is 3.36. The maximum atomic E-state index is 12.4. The summed E-state index contributed by atoms with van der Waals surface area (Å²) < 4.78 is 7.62. The summed E-state index contributed by atoms with van der Waals surface area (Å²) >= 11 is 0. The fourth-order valence-corrected chi connectivity index (χ4v) is 4.06. The van der Waals surface area contributed by atoms with Crippen LogP contribution in [-0.2, 0) is 14.4 Å². The first-order valence-electron chi connectivity index (χ1n) is 12.5. The van der Waals surface area contributed by atoms with Crippen LogP contribution >= 0.6 is 0 Å². The summed E-state index contributed by atoms with van der Waals surface area (Å²) in [7, 11) is 2.07. The zero-order chi connectivity index (χ0) is 28.5. The maximum Gasteiger partial charge on any atom is 0.328 e. The van der Waals surface area contributed by atoms with Gasteiger partial charge in [0.25, 0.3) is 5.91 Å². The van der Waals surface area contributed by atoms with E-state index < -0.39 is 11.9 Å². The number of aliphatic carboxylic acids is 2. The number of hydrogen-bond donors (Lipinski definition) is 2. The van der Waals surface area contributed by atoms with Crippen LogP contribution in [-0.4, -0.2) is 92.5 Å². The molecule has 2 aromatic heterocycles. The molecule has 0 radical (unpaired) electrons. The molecule has 2 N–H and O–H groups in total. The molecule has 2 aromatic carbocycles. The number of hydrogen-bond acceptors (Lipinski definition) is 7. The monoisotopic (exact) mass is 543 g/mol. The van der Waals surface area contributed by atoms with E-state index in [1.807, 2.05) is 76.3 Å². The van der Waals surface area contributed by atoms with Gasteiger partial charge < -0.3 is 24.7 Å². The Bertz CT molecular complexity index is 1480. The first kappa shape index (κ1) is 28.0. The molecule has 5 rings (SSSR count). The number of fused-ring (bicyclic) bond motifs is 1. The Morgan fingerprint density at radius 1 is 0.875 bits per heavy atom. The Labute approximate surface area is 230 Å². The minimum Gasteiger partial charge on any atom is -0.484 e. The molecule has 40 heavy (non-hydrogen) atoms. The van der Waals surface area contributed by atoms with Crippen LogP contribution < -0.4 is 4.74 Å². The highest BCUT2D eigenvalue weighted by Crippen LogP contribution is 2.29. The number of carboxylic acid groups (broad SMARTS) is 2. The standard InChI is InChI=1S/C25H25N5O2.C4H4O4/c1-28-14-16-29(17-15-28)23(31)18-32-21-11-9-19(10-12-21)24-22-8-5-13-26-25(22)30(27-24)20-6-3-2-4-7-20;5-3(6)1-2-4(7)8/h2-13H,14-18H2,1H3;1-2H,(H,5,6)(H,7,8)/b;2-1-. The smallest absolute Gasteiger partial charge is 0.328 e. The number of carboxylic acids is 2. The molecule has 1 saturated heterocycles. The Kier molecular flexibility index (Phi) is 9.21. The highest BCUT2D eigenvalue weighted by atomic mass is 16.5. The predicted molar refractivity (Wildman–Crippen MR) is 148 cm³/mol. The number of piperazine rings is 1. The summed E-state index contributed by atoms with van der Waals surface area (Å²) in [4.78, 5) is 40.2. The molecule has 0 bridgehead atoms. The van der Waals surface area contributed by atoms with E-state index >= 15 is 0 Å². The maximum absolute atomic E-state index is 12.4. The Morgan fingerprint density at radius 2 is 1.52 bits per heavy atom. The van der Waals surface area contributed by atoms with Crippen molar-refractivity contribution >= 4 is 28.9 Å². The number of para-hydroxylation sites is 1. The van der Waals surface area contributed by atoms with Gasteiger partial charge in [0, 0.05) is 55.5 Å². The van der Waals surface area contributed by atoms with Crippen LogP contribution in [0.1, 0.15) is 0 Å². The molecule has 0 aliphatic carbocycles. The lowest BCUT2D eigenvalue weighted by Gasteiger charge is -2.32. The molecule has 0 spiro atoms. The van der Waals surface area contributed by atoms with Crippen molar-refractivity contribution in [2.75, 3.05) is 39.8 Å². The van der Waals surface area contributed by atoms with Crippen molar-refractivity contribution in [3.63, 3.8) is 0 Å². The van der Waals surface area contributed by atoms with E-state index in [4.69, 9.17) is 20.0 Å². The van der Waals surface area contributed by atoms with Crippen molar-refractivity contribution in [2.45, 2.75) is 0 Å². The molecule has 1 amide bonds. The minimum atomic E-state index is -1.26. The van der Waals surface area contributed by atoms with Crippen molar-refractivity contribution in [3.8, 4) is 22.7 Å². The largest absolute Gasteiger partial charge is 0.484 e. The van der Waals surface area contributed by atoms with Gasteiger partial charge in [0.1, 0.15) is 11.4 Å². The number of ether oxygens (including phenoxy) is 1. The Balaban J connectivity index is 0.000000406. The fourth-order valence-electron chi connectivity index (χ4n) is 4.06. The molecule has 11 heteroatoms. The first-order chi connectivity index (χ1) is 19.3. The summed E-state index contributed by atoms with van der Waals surface area (Å²) in [6.07, 6.45) is 2.90. The van der Waals surface area contributed by atoms with Gasteiger partial charge >= 0.3 is 11.9 Å². The van der Waals surface area contributed by atoms with Crippen LogP contribution in [0.5, 0.6) is 5.75 Å². The highest BCUT2D eigenvalue weighted by molar-refractivity contribution is 5.92. The van der Waals surface area contributed by atoms with Gasteiger partial charge in [-0.3, -0.25) is 4.79 Å². The number of benzene rings is 2. The zero-order valence-electron chi connectivity index (χ0n) is 21.9. The second kappa shape index (κ2) is 13.2. The molecular weight excluding hydrogens is 514 g/mol. The fraction of sp³-hybridized carbons (Fsp3) is 0.207. The van der Waals surface area contributed by atoms with E-state index in [0.717, 1.165) is 54.2 Å². The first-order valence-corrected chi connectivity index (χ1v) is 12.5. The second-order valence-corrected chi connectivity index (χ2v) is 8.98. The number of pyridine rings is 1. The van der Waals surface area contributed by atoms with E-state index in [1.54, 1.807) is 6.20 Å². The minimum absolute atomic E-state index is 0.0286. The van der Waals surface area contributed by atoms with E-state index in [9.17, 15) is 14.4 Å². The lowest BCUT2D eigenvalue weighted by Crippen LogP contribution is -2.48. The zero-order valence-corrected chi connectivity index (χ0v) is 21.9. The lowest BCUT2D eigenvalue weighted by atomic mass is 10.1. The molecule has 4 aromatic rings. The van der Waals surface area contributed by atoms with Gasteiger partial charge in [0.2, 0.25) is 0 Å². The molecule has 0 saturated carbocycles. The summed E-state index contributed by atoms with van der Waals surface area (Å²) in [5.41, 5.74) is 3.60. The number of aromatic nitrogens is 3. The third-order valence-corrected chi connectivity index (χ3v) is 6.16. The summed E-state index contributed by atoms with van der Waals surface area (Å²) in [6, 6.07) is 21.6. The van der Waals surface area contributed by atoms with Crippen LogP contribution in [0.3, 0.4) is 0 Å². The van der Waals surface area contributed by atoms with Crippen LogP contribution in [0.15, 0.2) is 85.1 Å². The SMILES string of the molecule is CN1CCN(C(=O)COc2ccc(-c3nn(-c4ccccc4)c4ncccc34)cc2)CC1.O=C(O)/C=C\C(=O)O. The lowest BCUT2D eigenvalue weighted by molar-refractivity contribution is -0.135. The number of nitrogens with zero attached hydrogens (tertiary/aromatic N) is 5. The van der Waals surface area contributed by atoms with Crippen molar-refractivity contribution in [3.05, 3.63) is 85.1 Å². The molecule has 0 atom stereocenters. The summed E-state index contributed by atoms with van der Waals surface area (Å²) in [5, 5.41) is 21.5. The van der Waals surface area contributed by atoms with Crippen LogP contribution in [0.2, 0.25) is 0 Å². The number of carbonyl (C=O) groups is 3. The number of likely N-dealkylation sites (N-methyl/N-ethyl adjacent to an activating group) is 1. The second-order valence-electron chi connectivity index (χ2n) is 8.98. The van der Waals surface area contributed by atoms with E-state index in [2.05, 4.69) is 16.9 Å². The third kappa shape index (κ3) is 7.29. The molecule has 11 nitrogen and oxygen atoms in total. The number of carbonyl (C=O) groups excluding carboxylic acids is 1. The molecule has 1 aliphatic rings. The molecular formula is C29H29N5O6. The van der Waals surface area contributed by atoms with Crippen molar-refractivity contribution in [1.29, 1.82) is 0 Å². The van der Waals surface area contributed by atoms with Gasteiger partial charge in [-0.05, 0) is 55.6 Å². The van der Waals surface area contributed by atoms with Crippen LogP contribution in [0, 0.1) is 0 Å². The van der Waals surface area contributed by atoms with Gasteiger partial charge in [-0.1, -0.05) is 18.2 Å². The van der Waals surface area contributed by atoms with Gasteiger partial charge in [-0.2, -0.15) is 5.10 Å². The summed E-state index contributed by atoms with van der Waals surface area (Å²) in [5.74, 6) is -1.82. The van der Waals surface area contributed by atoms with E-state index in [-0.39, 0.29) is 12.5 Å². The van der Waals surface area contributed by atoms with Crippen LogP contribution in [0.25, 0.3) is 28.0 Å². The Morgan fingerprint density at radius 3 is 2.15 bits per heavy atom. The molecule has 0 unspecified atom stereocenters. The molecule has 206 valence electrons. The van der Waals surface area contributed by atoms with Crippen LogP contribution in [0.4, 0.5) is 0 Å². The Hall–Kier alpha value is -5.03. The third-order valence-electron chi connectivity index (χ3n) is 6.16. The quantitative estimate of drug-likeness (QED) is 0.337. The highest BCUT2D eigenvalue weighted by Gasteiger charge is 2.19. The molecule has 1 fully saturated rings. The van der Waals surface area contributed by atoms with Gasteiger partial charge in [0.05, 0.1) is 5.69 Å². The van der Waals surface area contributed by atoms with E-state index in [1.165, 1.54) is 0 Å². The topological polar surface area (TPSA) is 138 Å². The van der Waals surface area contributed by atoms with E-state index in [0.29, 0.717) is 17.9 Å². The summed E-state index contributed by atoms with van der Waals surface area (Å²) in [6.45, 7) is 3.36. The average molecular weight is 544 g/mol. The number of amides is 1. The van der Waals surface area contributed by atoms with Crippen molar-refractivity contribution < 1.29 is 29.3 Å². The number of rotatable bonds is 7. The predicted octanol–water partition coefficient (Wildman–Crippen LogP) is 2.95. The van der Waals surface area contributed by atoms with Crippen molar-refractivity contribution in [2.24, 2.45) is 0 Å². The normalized spacial score (nSPS) is 13.6. The van der Waals surface area contributed by atoms with Gasteiger partial charge in [-0.15, -0.1) is 0 Å².